The number of rotatable bonds is 6. The third-order valence-electron chi connectivity index (χ3n) is 7.30. The van der Waals surface area contributed by atoms with Crippen molar-refractivity contribution in [2.75, 3.05) is 13.2 Å². The van der Waals surface area contributed by atoms with E-state index in [1.54, 1.807) is 0 Å². The van der Waals surface area contributed by atoms with Crippen LogP contribution in [0.25, 0.3) is 11.1 Å². The molecule has 1 N–H and O–H groups in total. The minimum absolute atomic E-state index is 0.0270. The summed E-state index contributed by atoms with van der Waals surface area (Å²) in [6.07, 6.45) is 7.55. The summed E-state index contributed by atoms with van der Waals surface area (Å²) in [5, 5.41) is 2.67. The Kier molecular flexibility index (Phi) is 5.61. The molecule has 0 spiro atoms. The molecule has 0 aliphatic heterocycles. The van der Waals surface area contributed by atoms with Gasteiger partial charge in [0.05, 0.1) is 6.33 Å². The molecular weight excluding hydrogens is 423 g/mol. The van der Waals surface area contributed by atoms with Gasteiger partial charge in [-0.2, -0.15) is 0 Å². The van der Waals surface area contributed by atoms with Crippen molar-refractivity contribution in [2.45, 2.75) is 70.3 Å². The van der Waals surface area contributed by atoms with Gasteiger partial charge in [0.25, 0.3) is 0 Å². The van der Waals surface area contributed by atoms with Gasteiger partial charge >= 0.3 is 6.09 Å². The van der Waals surface area contributed by atoms with E-state index in [1.165, 1.54) is 38.5 Å². The predicted molar refractivity (Wildman–Crippen MR) is 123 cm³/mol. The number of nitrogens with zero attached hydrogens (tertiary/aromatic N) is 1. The molecule has 1 aromatic heterocycles. The van der Waals surface area contributed by atoms with Gasteiger partial charge in [0.2, 0.25) is 5.89 Å². The third kappa shape index (κ3) is 4.73. The summed E-state index contributed by atoms with van der Waals surface area (Å²) in [5.41, 5.74) is 1.44. The Morgan fingerprint density at radius 3 is 2.45 bits per heavy atom. The average molecular weight is 457 g/mol. The van der Waals surface area contributed by atoms with E-state index in [1.807, 2.05) is 39.0 Å². The maximum Gasteiger partial charge on any atom is 0.407 e. The van der Waals surface area contributed by atoms with E-state index in [0.29, 0.717) is 17.7 Å². The Bertz CT molecular complexity index is 1030. The molecule has 4 fully saturated rings. The minimum atomic E-state index is -0.595. The van der Waals surface area contributed by atoms with E-state index in [9.17, 15) is 9.18 Å². The van der Waals surface area contributed by atoms with Gasteiger partial charge in [0.15, 0.2) is 5.58 Å². The molecule has 0 atom stereocenters. The first-order chi connectivity index (χ1) is 15.7. The van der Waals surface area contributed by atoms with Gasteiger partial charge in [-0.15, -0.1) is 0 Å². The molecule has 4 aliphatic carbocycles. The second kappa shape index (κ2) is 8.33. The highest BCUT2D eigenvalue weighted by Crippen LogP contribution is 2.60. The van der Waals surface area contributed by atoms with Crippen LogP contribution in [-0.4, -0.2) is 29.8 Å². The fourth-order valence-electron chi connectivity index (χ4n) is 6.38. The molecule has 1 heterocycles. The Hall–Kier alpha value is -2.57. The molecule has 6 nitrogen and oxygen atoms in total. The fraction of sp³-hybridized carbons (Fsp3) is 0.615. The molecule has 4 bridgehead atoms. The largest absolute Gasteiger partial charge is 0.489 e. The fourth-order valence-corrected chi connectivity index (χ4v) is 6.38. The summed E-state index contributed by atoms with van der Waals surface area (Å²) >= 11 is 0. The number of ether oxygens (including phenoxy) is 2. The van der Waals surface area contributed by atoms with Crippen LogP contribution in [0.5, 0.6) is 5.75 Å². The summed E-state index contributed by atoms with van der Waals surface area (Å²) in [7, 11) is 0. The topological polar surface area (TPSA) is 73.6 Å². The quantitative estimate of drug-likeness (QED) is 0.573. The molecule has 6 rings (SSSR count). The van der Waals surface area contributed by atoms with E-state index in [-0.39, 0.29) is 24.2 Å². The number of benzene rings is 1. The van der Waals surface area contributed by atoms with Crippen molar-refractivity contribution in [1.29, 1.82) is 0 Å². The Balaban J connectivity index is 1.23. The predicted octanol–water partition coefficient (Wildman–Crippen LogP) is 6.05. The molecule has 4 aliphatic rings. The van der Waals surface area contributed by atoms with Gasteiger partial charge in [-0.3, -0.25) is 0 Å². The molecule has 0 saturated heterocycles. The Labute approximate surface area is 193 Å². The number of halogens is 1. The van der Waals surface area contributed by atoms with Gasteiger partial charge in [-0.25, -0.2) is 14.2 Å². The highest BCUT2D eigenvalue weighted by molar-refractivity contribution is 5.74. The SMILES string of the molecule is CC(C)(C)NC(=O)OC/C(=C/F)COc1ccc2nc(C34CC5CC(CC(C5)C3)C4)oc2c1. The number of oxazole rings is 1. The van der Waals surface area contributed by atoms with Crippen LogP contribution in [0.3, 0.4) is 0 Å². The molecular formula is C26H33FN2O4. The first-order valence-electron chi connectivity index (χ1n) is 12.0. The number of fused-ring (bicyclic) bond motifs is 1. The average Bonchev–Trinajstić information content (AvgIpc) is 3.16. The lowest BCUT2D eigenvalue weighted by Crippen LogP contribution is -2.48. The van der Waals surface area contributed by atoms with Crippen molar-refractivity contribution >= 4 is 17.2 Å². The zero-order valence-electron chi connectivity index (χ0n) is 19.7. The maximum atomic E-state index is 13.3. The molecule has 0 unspecified atom stereocenters. The highest BCUT2D eigenvalue weighted by atomic mass is 19.1. The monoisotopic (exact) mass is 456 g/mol. The van der Waals surface area contributed by atoms with Crippen molar-refractivity contribution in [1.82, 2.24) is 10.3 Å². The van der Waals surface area contributed by atoms with Crippen LogP contribution in [0.15, 0.2) is 34.5 Å². The number of carbonyl (C=O) groups is 1. The number of carbonyl (C=O) groups excluding carboxylic acids is 1. The van der Waals surface area contributed by atoms with Gasteiger partial charge in [0.1, 0.15) is 24.5 Å². The van der Waals surface area contributed by atoms with Crippen LogP contribution in [0.4, 0.5) is 9.18 Å². The van der Waals surface area contributed by atoms with Crippen LogP contribution < -0.4 is 10.1 Å². The Morgan fingerprint density at radius 1 is 1.18 bits per heavy atom. The zero-order valence-corrected chi connectivity index (χ0v) is 19.7. The number of nitrogens with one attached hydrogen (secondary N) is 1. The summed E-state index contributed by atoms with van der Waals surface area (Å²) in [4.78, 5) is 16.7. The van der Waals surface area contributed by atoms with Crippen molar-refractivity contribution in [3.8, 4) is 5.75 Å². The van der Waals surface area contributed by atoms with Gasteiger partial charge in [-0.1, -0.05) is 0 Å². The minimum Gasteiger partial charge on any atom is -0.489 e. The second-order valence-corrected chi connectivity index (χ2v) is 11.4. The number of hydrogen-bond acceptors (Lipinski definition) is 5. The molecule has 178 valence electrons. The number of amides is 1. The lowest BCUT2D eigenvalue weighted by atomic mass is 9.49. The van der Waals surface area contributed by atoms with Gasteiger partial charge in [-0.05, 0) is 89.2 Å². The lowest BCUT2D eigenvalue weighted by molar-refractivity contribution is -0.0170. The van der Waals surface area contributed by atoms with Crippen LogP contribution in [0, 0.1) is 17.8 Å². The second-order valence-electron chi connectivity index (χ2n) is 11.4. The van der Waals surface area contributed by atoms with E-state index in [0.717, 1.165) is 29.2 Å². The molecule has 2 aromatic rings. The van der Waals surface area contributed by atoms with E-state index in [2.05, 4.69) is 5.32 Å². The van der Waals surface area contributed by atoms with Crippen molar-refractivity contribution in [2.24, 2.45) is 17.8 Å². The molecule has 1 amide bonds. The van der Waals surface area contributed by atoms with Crippen LogP contribution >= 0.6 is 0 Å². The summed E-state index contributed by atoms with van der Waals surface area (Å²) in [5.74, 6) is 3.92. The van der Waals surface area contributed by atoms with E-state index >= 15 is 0 Å². The standard InChI is InChI=1S/C26H33FN2O4/c1-25(2,3)29-24(30)32-15-19(13-27)14-31-20-4-5-21-22(9-20)33-23(28-21)26-10-16-6-17(11-26)8-18(7-16)12-26/h4-5,9,13,16-18H,6-8,10-12,14-15H2,1-3H3,(H,29,30)/b19-13+. The summed E-state index contributed by atoms with van der Waals surface area (Å²) < 4.78 is 30.4. The maximum absolute atomic E-state index is 13.3. The smallest absolute Gasteiger partial charge is 0.407 e. The molecule has 33 heavy (non-hydrogen) atoms. The lowest BCUT2D eigenvalue weighted by Gasteiger charge is -2.55. The molecule has 4 saturated carbocycles. The number of alkyl carbamates (subject to hydrolysis) is 1. The Morgan fingerprint density at radius 2 is 1.85 bits per heavy atom. The van der Waals surface area contributed by atoms with E-state index < -0.39 is 11.6 Å². The third-order valence-corrected chi connectivity index (χ3v) is 7.30. The van der Waals surface area contributed by atoms with Crippen LogP contribution in [0.1, 0.15) is 65.2 Å². The van der Waals surface area contributed by atoms with Crippen molar-refractivity contribution in [3.05, 3.63) is 36.0 Å². The zero-order chi connectivity index (χ0) is 23.2. The molecule has 1 aromatic carbocycles. The van der Waals surface area contributed by atoms with Gasteiger partial charge in [0, 0.05) is 22.6 Å². The van der Waals surface area contributed by atoms with E-state index in [4.69, 9.17) is 18.9 Å². The first kappa shape index (κ1) is 22.2. The normalized spacial score (nSPS) is 28.8. The molecule has 7 heteroatoms. The molecule has 0 radical (unpaired) electrons. The highest BCUT2D eigenvalue weighted by Gasteiger charge is 2.54. The van der Waals surface area contributed by atoms with Crippen molar-refractivity contribution in [3.63, 3.8) is 0 Å². The summed E-state index contributed by atoms with van der Waals surface area (Å²) in [6, 6.07) is 5.52. The van der Waals surface area contributed by atoms with Crippen LogP contribution in [-0.2, 0) is 10.2 Å². The van der Waals surface area contributed by atoms with Crippen LogP contribution in [0.2, 0.25) is 0 Å². The van der Waals surface area contributed by atoms with Gasteiger partial charge < -0.3 is 19.2 Å². The first-order valence-corrected chi connectivity index (χ1v) is 12.0. The number of aromatic nitrogens is 1. The summed E-state index contributed by atoms with van der Waals surface area (Å²) in [6.45, 7) is 5.33. The van der Waals surface area contributed by atoms with Crippen molar-refractivity contribution < 1.29 is 23.1 Å². The number of hydrogen-bond donors (Lipinski definition) is 1.